The third-order valence-electron chi connectivity index (χ3n) is 4.73. The third kappa shape index (κ3) is 5.14. The highest BCUT2D eigenvalue weighted by molar-refractivity contribution is 6.06. The van der Waals surface area contributed by atoms with Crippen LogP contribution in [0.15, 0.2) is 30.5 Å². The largest absolute Gasteiger partial charge is 0.490 e. The normalized spacial score (nSPS) is 14.6. The average Bonchev–Trinajstić information content (AvgIpc) is 2.60. The molecule has 2 heterocycles. The Morgan fingerprint density at radius 3 is 2.62 bits per heavy atom. The molecule has 6 nitrogen and oxygen atoms in total. The lowest BCUT2D eigenvalue weighted by Crippen LogP contribution is -2.39. The molecule has 1 amide bonds. The topological polar surface area (TPSA) is 80.3 Å². The van der Waals surface area contributed by atoms with Gasteiger partial charge in [0.15, 0.2) is 5.78 Å². The number of pyridine rings is 1. The number of hydrogen-bond donors (Lipinski definition) is 2. The second-order valence-corrected chi connectivity index (χ2v) is 8.11. The van der Waals surface area contributed by atoms with Gasteiger partial charge in [-0.3, -0.25) is 14.6 Å². The number of fused-ring (bicyclic) bond motifs is 1. The number of amides is 1. The highest BCUT2D eigenvalue weighted by atomic mass is 35.5. The summed E-state index contributed by atoms with van der Waals surface area (Å²) in [7, 11) is 0. The number of Topliss-reactive ketones (excluding diaryl/α,β-unsaturated/α-hetero) is 1. The van der Waals surface area contributed by atoms with Gasteiger partial charge >= 0.3 is 0 Å². The Morgan fingerprint density at radius 2 is 1.97 bits per heavy atom. The third-order valence-corrected chi connectivity index (χ3v) is 4.73. The SMILES string of the molecule is CC(=O)c1cc(C(=O)Nc2cnc3c(c2)CNCC3(C)C)ccc1OC(C)C.Cl. The lowest BCUT2D eigenvalue weighted by Gasteiger charge is -2.32. The summed E-state index contributed by atoms with van der Waals surface area (Å²) in [5.74, 6) is 0.0558. The molecule has 0 saturated heterocycles. The first-order chi connectivity index (χ1) is 13.2. The molecule has 0 bridgehead atoms. The lowest BCUT2D eigenvalue weighted by atomic mass is 9.83. The van der Waals surface area contributed by atoms with Crippen LogP contribution in [0.1, 0.15) is 66.6 Å². The van der Waals surface area contributed by atoms with E-state index in [0.29, 0.717) is 22.6 Å². The van der Waals surface area contributed by atoms with Crippen LogP contribution in [0.3, 0.4) is 0 Å². The van der Waals surface area contributed by atoms with E-state index >= 15 is 0 Å². The zero-order valence-corrected chi connectivity index (χ0v) is 18.3. The zero-order valence-electron chi connectivity index (χ0n) is 17.5. The molecule has 0 atom stereocenters. The summed E-state index contributed by atoms with van der Waals surface area (Å²) in [5.41, 5.74) is 3.53. The van der Waals surface area contributed by atoms with Crippen LogP contribution in [0, 0.1) is 0 Å². The van der Waals surface area contributed by atoms with Crippen LogP contribution < -0.4 is 15.4 Å². The molecule has 1 aliphatic rings. The molecule has 0 unspecified atom stereocenters. The van der Waals surface area contributed by atoms with Crippen molar-refractivity contribution in [2.24, 2.45) is 0 Å². The van der Waals surface area contributed by atoms with Crippen molar-refractivity contribution in [3.8, 4) is 5.75 Å². The first-order valence-corrected chi connectivity index (χ1v) is 9.50. The van der Waals surface area contributed by atoms with Crippen molar-refractivity contribution >= 4 is 29.8 Å². The Morgan fingerprint density at radius 1 is 1.24 bits per heavy atom. The molecule has 3 rings (SSSR count). The fourth-order valence-electron chi connectivity index (χ4n) is 3.42. The van der Waals surface area contributed by atoms with Gasteiger partial charge in [0.05, 0.1) is 29.2 Å². The monoisotopic (exact) mass is 417 g/mol. The maximum Gasteiger partial charge on any atom is 0.255 e. The fraction of sp³-hybridized carbons (Fsp3) is 0.409. The summed E-state index contributed by atoms with van der Waals surface area (Å²) in [6.07, 6.45) is 1.63. The molecule has 0 saturated carbocycles. The van der Waals surface area contributed by atoms with Crippen molar-refractivity contribution in [3.63, 3.8) is 0 Å². The maximum atomic E-state index is 12.7. The van der Waals surface area contributed by atoms with Gasteiger partial charge in [-0.1, -0.05) is 13.8 Å². The van der Waals surface area contributed by atoms with Crippen LogP contribution in [0.4, 0.5) is 5.69 Å². The van der Waals surface area contributed by atoms with E-state index in [-0.39, 0.29) is 35.6 Å². The van der Waals surface area contributed by atoms with Crippen molar-refractivity contribution in [2.75, 3.05) is 11.9 Å². The van der Waals surface area contributed by atoms with Crippen molar-refractivity contribution in [1.29, 1.82) is 0 Å². The van der Waals surface area contributed by atoms with Crippen LogP contribution >= 0.6 is 12.4 Å². The van der Waals surface area contributed by atoms with Gasteiger partial charge in [-0.15, -0.1) is 12.4 Å². The molecule has 29 heavy (non-hydrogen) atoms. The van der Waals surface area contributed by atoms with Crippen LogP contribution in [0.2, 0.25) is 0 Å². The van der Waals surface area contributed by atoms with Crippen molar-refractivity contribution in [3.05, 3.63) is 52.8 Å². The number of nitrogens with zero attached hydrogens (tertiary/aromatic N) is 1. The Hall–Kier alpha value is -2.44. The maximum absolute atomic E-state index is 12.7. The Bertz CT molecular complexity index is 926. The van der Waals surface area contributed by atoms with E-state index in [1.54, 1.807) is 24.4 Å². The quantitative estimate of drug-likeness (QED) is 0.715. The molecule has 1 aliphatic heterocycles. The van der Waals surface area contributed by atoms with E-state index < -0.39 is 0 Å². The van der Waals surface area contributed by atoms with E-state index in [1.165, 1.54) is 6.92 Å². The van der Waals surface area contributed by atoms with Gasteiger partial charge in [-0.05, 0) is 50.6 Å². The highest BCUT2D eigenvalue weighted by Gasteiger charge is 2.29. The van der Waals surface area contributed by atoms with Gasteiger partial charge in [-0.25, -0.2) is 0 Å². The molecule has 0 fully saturated rings. The fourth-order valence-corrected chi connectivity index (χ4v) is 3.42. The van der Waals surface area contributed by atoms with Gasteiger partial charge in [0.2, 0.25) is 0 Å². The predicted octanol–water partition coefficient (Wildman–Crippen LogP) is 4.13. The Kier molecular flexibility index (Phi) is 7.03. The second kappa shape index (κ2) is 8.93. The predicted molar refractivity (Wildman–Crippen MR) is 116 cm³/mol. The minimum Gasteiger partial charge on any atom is -0.490 e. The minimum absolute atomic E-state index is 0. The first-order valence-electron chi connectivity index (χ1n) is 9.50. The molecule has 0 spiro atoms. The van der Waals surface area contributed by atoms with Crippen LogP contribution in [0.25, 0.3) is 0 Å². The number of carbonyl (C=O) groups is 2. The standard InChI is InChI=1S/C22H27N3O3.ClH/c1-13(2)28-19-7-6-15(9-18(19)14(3)26)21(27)25-17-8-16-10-23-12-22(4,5)20(16)24-11-17;/h6-9,11,13,23H,10,12H2,1-5H3,(H,25,27);1H. The lowest BCUT2D eigenvalue weighted by molar-refractivity contribution is 0.101. The second-order valence-electron chi connectivity index (χ2n) is 8.11. The molecule has 0 aliphatic carbocycles. The summed E-state index contributed by atoms with van der Waals surface area (Å²) in [5, 5.41) is 6.26. The molecule has 7 heteroatoms. The molecule has 156 valence electrons. The van der Waals surface area contributed by atoms with Gasteiger partial charge in [0, 0.05) is 24.1 Å². The van der Waals surface area contributed by atoms with Crippen molar-refractivity contribution in [1.82, 2.24) is 10.3 Å². The van der Waals surface area contributed by atoms with E-state index in [1.807, 2.05) is 19.9 Å². The molecular formula is C22H28ClN3O3. The Balaban J connectivity index is 0.00000300. The summed E-state index contributed by atoms with van der Waals surface area (Å²) in [6, 6.07) is 6.86. The number of ketones is 1. The van der Waals surface area contributed by atoms with Gasteiger partial charge in [-0.2, -0.15) is 0 Å². The first kappa shape index (κ1) is 22.8. The number of hydrogen-bond acceptors (Lipinski definition) is 5. The summed E-state index contributed by atoms with van der Waals surface area (Å²) < 4.78 is 5.67. The molecule has 2 aromatic rings. The van der Waals surface area contributed by atoms with Crippen LogP contribution in [-0.4, -0.2) is 29.3 Å². The van der Waals surface area contributed by atoms with Gasteiger partial charge < -0.3 is 15.4 Å². The highest BCUT2D eigenvalue weighted by Crippen LogP contribution is 2.29. The number of benzene rings is 1. The number of nitrogens with one attached hydrogen (secondary N) is 2. The number of anilines is 1. The number of carbonyl (C=O) groups excluding carboxylic acids is 2. The van der Waals surface area contributed by atoms with Crippen LogP contribution in [-0.2, 0) is 12.0 Å². The summed E-state index contributed by atoms with van der Waals surface area (Å²) in [6.45, 7) is 11.1. The summed E-state index contributed by atoms with van der Waals surface area (Å²) in [4.78, 5) is 29.3. The number of aromatic nitrogens is 1. The average molecular weight is 418 g/mol. The molecule has 0 radical (unpaired) electrons. The van der Waals surface area contributed by atoms with E-state index in [0.717, 1.165) is 24.3 Å². The number of rotatable bonds is 5. The van der Waals surface area contributed by atoms with Gasteiger partial charge in [0.25, 0.3) is 5.91 Å². The number of halogens is 1. The molecule has 2 N–H and O–H groups in total. The van der Waals surface area contributed by atoms with Crippen LogP contribution in [0.5, 0.6) is 5.75 Å². The van der Waals surface area contributed by atoms with Gasteiger partial charge in [0.1, 0.15) is 5.75 Å². The Labute approximate surface area is 177 Å². The van der Waals surface area contributed by atoms with E-state index in [9.17, 15) is 9.59 Å². The number of ether oxygens (including phenoxy) is 1. The van der Waals surface area contributed by atoms with E-state index in [2.05, 4.69) is 29.5 Å². The van der Waals surface area contributed by atoms with E-state index in [4.69, 9.17) is 4.74 Å². The molecular weight excluding hydrogens is 390 g/mol. The molecule has 1 aromatic heterocycles. The zero-order chi connectivity index (χ0) is 20.5. The molecule has 1 aromatic carbocycles. The summed E-state index contributed by atoms with van der Waals surface area (Å²) >= 11 is 0. The van der Waals surface area contributed by atoms with Crippen molar-refractivity contribution in [2.45, 2.75) is 52.7 Å². The van der Waals surface area contributed by atoms with Crippen molar-refractivity contribution < 1.29 is 14.3 Å². The minimum atomic E-state index is -0.289. The smallest absolute Gasteiger partial charge is 0.255 e.